The number of hydrogen-bond donors (Lipinski definition) is 2. The summed E-state index contributed by atoms with van der Waals surface area (Å²) in [4.78, 5) is 30.2. The third-order valence-corrected chi connectivity index (χ3v) is 6.26. The van der Waals surface area contributed by atoms with Crippen molar-refractivity contribution < 1.29 is 14.6 Å². The molecule has 0 radical (unpaired) electrons. The molecule has 154 valence electrons. The van der Waals surface area contributed by atoms with Gasteiger partial charge in [0.2, 0.25) is 5.43 Å². The van der Waals surface area contributed by atoms with Crippen LogP contribution in [0.5, 0.6) is 5.75 Å². The van der Waals surface area contributed by atoms with Gasteiger partial charge in [-0.25, -0.2) is 9.78 Å². The van der Waals surface area contributed by atoms with Crippen molar-refractivity contribution in [2.75, 3.05) is 25.0 Å². The molecule has 3 heterocycles. The van der Waals surface area contributed by atoms with Gasteiger partial charge < -0.3 is 24.6 Å². The number of hydrogen-bond acceptors (Lipinski definition) is 6. The van der Waals surface area contributed by atoms with Gasteiger partial charge in [-0.1, -0.05) is 23.8 Å². The van der Waals surface area contributed by atoms with Crippen molar-refractivity contribution >= 4 is 34.5 Å². The molecule has 8 nitrogen and oxygen atoms in total. The highest BCUT2D eigenvalue weighted by Crippen LogP contribution is 2.39. The summed E-state index contributed by atoms with van der Waals surface area (Å²) in [5.74, 6) is 1.38. The molecule has 0 amide bonds. The summed E-state index contributed by atoms with van der Waals surface area (Å²) in [6.45, 7) is 4.06. The first kappa shape index (κ1) is 19.7. The van der Waals surface area contributed by atoms with E-state index in [1.165, 1.54) is 12.4 Å². The van der Waals surface area contributed by atoms with Crippen molar-refractivity contribution in [2.45, 2.75) is 25.9 Å². The van der Waals surface area contributed by atoms with E-state index in [0.29, 0.717) is 40.8 Å². The summed E-state index contributed by atoms with van der Waals surface area (Å²) in [6, 6.07) is 0.322. The summed E-state index contributed by atoms with van der Waals surface area (Å²) < 4.78 is 6.37. The second kappa shape index (κ2) is 7.68. The Bertz CT molecular complexity index is 1050. The van der Waals surface area contributed by atoms with E-state index in [-0.39, 0.29) is 11.1 Å². The van der Waals surface area contributed by atoms with Crippen molar-refractivity contribution in [3.63, 3.8) is 0 Å². The fourth-order valence-corrected chi connectivity index (χ4v) is 4.91. The first-order valence-electron chi connectivity index (χ1n) is 9.65. The Hall–Kier alpha value is -2.58. The van der Waals surface area contributed by atoms with E-state index in [4.69, 9.17) is 16.7 Å². The van der Waals surface area contributed by atoms with E-state index in [1.807, 2.05) is 14.0 Å². The number of aryl methyl sites for hydroxylation is 1. The first-order valence-corrected chi connectivity index (χ1v) is 10.0. The minimum atomic E-state index is -1.54. The summed E-state index contributed by atoms with van der Waals surface area (Å²) in [5.41, 5.74) is 0.00246. The molecule has 0 bridgehead atoms. The zero-order valence-corrected chi connectivity index (χ0v) is 17.0. The molecule has 2 aromatic heterocycles. The third-order valence-electron chi connectivity index (χ3n) is 5.91. The fraction of sp³-hybridized carbons (Fsp3) is 0.450. The van der Waals surface area contributed by atoms with Gasteiger partial charge in [0.05, 0.1) is 17.1 Å². The van der Waals surface area contributed by atoms with Crippen LogP contribution in [0, 0.1) is 11.8 Å². The van der Waals surface area contributed by atoms with Gasteiger partial charge in [0.25, 0.3) is 0 Å². The van der Waals surface area contributed by atoms with E-state index in [1.54, 1.807) is 4.57 Å². The average Bonchev–Trinajstić information content (AvgIpc) is 3.13. The topological polar surface area (TPSA) is 96.7 Å². The quantitative estimate of drug-likeness (QED) is 0.582. The van der Waals surface area contributed by atoms with Crippen LogP contribution in [0.1, 0.15) is 13.3 Å². The number of fused-ring (bicyclic) bond motifs is 2. The van der Waals surface area contributed by atoms with E-state index in [9.17, 15) is 9.59 Å². The number of pyridine rings is 2. The molecule has 4 rings (SSSR count). The van der Waals surface area contributed by atoms with Crippen molar-refractivity contribution in [1.82, 2.24) is 14.9 Å². The monoisotopic (exact) mass is 418 g/mol. The molecule has 1 saturated heterocycles. The van der Waals surface area contributed by atoms with Crippen LogP contribution in [0.25, 0.3) is 10.9 Å². The number of carboxylic acid groups (broad SMARTS) is 1. The lowest BCUT2D eigenvalue weighted by molar-refractivity contribution is 0.144. The van der Waals surface area contributed by atoms with Crippen LogP contribution in [0.3, 0.4) is 0 Å². The zero-order valence-electron chi connectivity index (χ0n) is 16.3. The van der Waals surface area contributed by atoms with E-state index in [2.05, 4.69) is 32.1 Å². The van der Waals surface area contributed by atoms with Crippen molar-refractivity contribution in [1.29, 1.82) is 0 Å². The summed E-state index contributed by atoms with van der Waals surface area (Å²) in [6.07, 6.45) is 6.79. The second-order valence-corrected chi connectivity index (χ2v) is 7.82. The van der Waals surface area contributed by atoms with E-state index < -0.39 is 11.6 Å². The molecule has 0 aromatic carbocycles. The minimum absolute atomic E-state index is 0.241. The number of nitrogens with zero attached hydrogens (tertiary/aromatic N) is 3. The lowest BCUT2D eigenvalue weighted by Gasteiger charge is -2.28. The fourth-order valence-electron chi connectivity index (χ4n) is 4.53. The predicted octanol–water partition coefficient (Wildman–Crippen LogP) is 2.73. The van der Waals surface area contributed by atoms with Crippen molar-refractivity contribution in [3.8, 4) is 5.75 Å². The van der Waals surface area contributed by atoms with Crippen LogP contribution in [0.2, 0.25) is 5.02 Å². The number of anilines is 1. The van der Waals surface area contributed by atoms with E-state index >= 15 is 0 Å². The Kier molecular flexibility index (Phi) is 5.23. The molecule has 1 unspecified atom stereocenters. The Morgan fingerprint density at radius 2 is 2.24 bits per heavy atom. The normalized spacial score (nSPS) is 23.4. The predicted molar refractivity (Wildman–Crippen MR) is 111 cm³/mol. The van der Waals surface area contributed by atoms with E-state index in [0.717, 1.165) is 19.5 Å². The maximum atomic E-state index is 12.7. The molecule has 29 heavy (non-hydrogen) atoms. The largest absolute Gasteiger partial charge is 0.511 e. The first-order chi connectivity index (χ1) is 13.9. The molecule has 2 aromatic rings. The Balaban J connectivity index is 1.77. The Labute approximate surface area is 172 Å². The highest BCUT2D eigenvalue weighted by molar-refractivity contribution is 6.37. The summed E-state index contributed by atoms with van der Waals surface area (Å²) in [7, 11) is 1.97. The van der Waals surface area contributed by atoms with Gasteiger partial charge in [0, 0.05) is 37.8 Å². The van der Waals surface area contributed by atoms with Gasteiger partial charge in [0.1, 0.15) is 10.8 Å². The molecular formula is C20H23ClN4O4. The molecule has 0 spiro atoms. The highest BCUT2D eigenvalue weighted by atomic mass is 35.5. The van der Waals surface area contributed by atoms with Crippen LogP contribution >= 0.6 is 11.6 Å². The van der Waals surface area contributed by atoms with Crippen LogP contribution < -0.4 is 20.4 Å². The lowest BCUT2D eigenvalue weighted by atomic mass is 9.82. The Morgan fingerprint density at radius 1 is 1.45 bits per heavy atom. The van der Waals surface area contributed by atoms with Crippen molar-refractivity contribution in [2.24, 2.45) is 11.8 Å². The number of carbonyl (C=O) groups is 1. The van der Waals surface area contributed by atoms with Gasteiger partial charge in [-0.3, -0.25) is 4.79 Å². The highest BCUT2D eigenvalue weighted by Gasteiger charge is 2.39. The lowest BCUT2D eigenvalue weighted by Crippen LogP contribution is -2.38. The van der Waals surface area contributed by atoms with Crippen LogP contribution in [0.15, 0.2) is 29.3 Å². The van der Waals surface area contributed by atoms with Crippen LogP contribution in [0.4, 0.5) is 10.6 Å². The summed E-state index contributed by atoms with van der Waals surface area (Å²) in [5, 5.41) is 12.9. The number of likely N-dealkylation sites (N-methyl/N-ethyl adjacent to an activating group) is 1. The molecule has 1 aliphatic heterocycles. The Morgan fingerprint density at radius 3 is 2.93 bits per heavy atom. The zero-order chi connectivity index (χ0) is 20.7. The molecule has 3 atom stereocenters. The molecule has 1 aliphatic carbocycles. The smallest absolute Gasteiger partial charge is 0.449 e. The molecule has 2 aliphatic rings. The number of halogens is 1. The molecule has 0 saturated carbocycles. The number of aromatic nitrogens is 2. The third kappa shape index (κ3) is 3.36. The number of ether oxygens (including phenoxy) is 1. The SMILES string of the molecule is CCn1cc(OC(=O)O)c(=O)c2cnc(N3CC4[C@H](CC=C[C@@H]4NC)C3)c(Cl)c21. The van der Waals surface area contributed by atoms with Gasteiger partial charge >= 0.3 is 6.16 Å². The molecule has 2 N–H and O–H groups in total. The number of rotatable bonds is 4. The average molecular weight is 419 g/mol. The molecule has 9 heteroatoms. The maximum absolute atomic E-state index is 12.7. The number of nitrogens with one attached hydrogen (secondary N) is 1. The number of allylic oxidation sites excluding steroid dienone is 1. The second-order valence-electron chi connectivity index (χ2n) is 7.44. The van der Waals surface area contributed by atoms with Gasteiger partial charge in [-0.2, -0.15) is 0 Å². The maximum Gasteiger partial charge on any atom is 0.511 e. The molecular weight excluding hydrogens is 396 g/mol. The minimum Gasteiger partial charge on any atom is -0.449 e. The van der Waals surface area contributed by atoms with Crippen LogP contribution in [-0.2, 0) is 6.54 Å². The standard InChI is InChI=1S/C20H23ClN4O4/c1-3-24-10-15(29-20(27)28)18(26)12-7-23-19(16(21)17(12)24)25-8-11-5-4-6-14(22-2)13(11)9-25/h4,6-7,10-11,13-14,22H,3,5,8-9H2,1-2H3,(H,27,28)/t11-,13?,14+/m1/s1. The summed E-state index contributed by atoms with van der Waals surface area (Å²) >= 11 is 6.75. The van der Waals surface area contributed by atoms with Gasteiger partial charge in [0.15, 0.2) is 5.75 Å². The van der Waals surface area contributed by atoms with Gasteiger partial charge in [-0.15, -0.1) is 0 Å². The van der Waals surface area contributed by atoms with Crippen LogP contribution in [-0.4, -0.2) is 47.0 Å². The molecule has 1 fully saturated rings. The van der Waals surface area contributed by atoms with Gasteiger partial charge in [-0.05, 0) is 26.3 Å². The van der Waals surface area contributed by atoms with Crippen molar-refractivity contribution in [3.05, 3.63) is 39.8 Å².